The number of hydrogen-bond donors (Lipinski definition) is 3. The predicted molar refractivity (Wildman–Crippen MR) is 162 cm³/mol. The number of benzene rings is 2. The number of nitrogens with two attached hydrogens (primary N) is 1. The number of nitrogens with one attached hydrogen (secondary N) is 2. The Morgan fingerprint density at radius 3 is 2.41 bits per heavy atom. The maximum absolute atomic E-state index is 14.2. The number of nitrogen functional groups attached to an aromatic ring is 1. The molecule has 1 saturated carbocycles. The molecule has 4 N–H and O–H groups in total. The summed E-state index contributed by atoms with van der Waals surface area (Å²) in [6, 6.07) is 12.4. The molecular formula is C31H36FN9. The molecule has 0 radical (unpaired) electrons. The molecule has 0 unspecified atom stereocenters. The number of anilines is 3. The molecule has 7 rings (SSSR count). The van der Waals surface area contributed by atoms with Crippen molar-refractivity contribution in [3.63, 3.8) is 0 Å². The zero-order valence-electron chi connectivity index (χ0n) is 23.6. The number of halogens is 1. The van der Waals surface area contributed by atoms with Gasteiger partial charge in [-0.15, -0.1) is 0 Å². The van der Waals surface area contributed by atoms with Gasteiger partial charge in [0.05, 0.1) is 10.9 Å². The maximum Gasteiger partial charge on any atom is 0.205 e. The number of piperazine rings is 1. The molecule has 0 amide bonds. The van der Waals surface area contributed by atoms with E-state index in [0.717, 1.165) is 59.3 Å². The summed E-state index contributed by atoms with van der Waals surface area (Å²) in [6.45, 7) is 6.58. The molecule has 212 valence electrons. The van der Waals surface area contributed by atoms with Crippen molar-refractivity contribution in [2.75, 3.05) is 44.3 Å². The van der Waals surface area contributed by atoms with Crippen LogP contribution in [0.15, 0.2) is 48.9 Å². The van der Waals surface area contributed by atoms with Crippen molar-refractivity contribution >= 4 is 39.5 Å². The summed E-state index contributed by atoms with van der Waals surface area (Å²) < 4.78 is 16.6. The molecule has 1 aliphatic carbocycles. The first-order valence-electron chi connectivity index (χ1n) is 14.5. The minimum Gasteiger partial charge on any atom is -0.383 e. The SMILES string of the molecule is Cc1ccc(F)c2[nH]c(Nc3ccc(-c4cn(C5CCC(N6CCN(C)CC6)CC5)c5ncnc(N)c45)cc3)nc12. The van der Waals surface area contributed by atoms with Crippen LogP contribution in [0, 0.1) is 12.7 Å². The van der Waals surface area contributed by atoms with Gasteiger partial charge >= 0.3 is 0 Å². The lowest BCUT2D eigenvalue weighted by atomic mass is 9.89. The van der Waals surface area contributed by atoms with E-state index in [4.69, 9.17) is 5.73 Å². The highest BCUT2D eigenvalue weighted by Crippen LogP contribution is 2.39. The van der Waals surface area contributed by atoms with E-state index in [1.165, 1.54) is 32.0 Å². The molecule has 2 fully saturated rings. The van der Waals surface area contributed by atoms with Gasteiger partial charge in [0.1, 0.15) is 29.1 Å². The van der Waals surface area contributed by atoms with E-state index in [2.05, 4.69) is 65.0 Å². The third kappa shape index (κ3) is 4.81. The van der Waals surface area contributed by atoms with Crippen molar-refractivity contribution in [1.82, 2.24) is 34.3 Å². The first-order valence-corrected chi connectivity index (χ1v) is 14.5. The third-order valence-electron chi connectivity index (χ3n) is 9.01. The second kappa shape index (κ2) is 10.4. The van der Waals surface area contributed by atoms with E-state index in [0.29, 0.717) is 34.9 Å². The van der Waals surface area contributed by atoms with Crippen LogP contribution in [0.5, 0.6) is 0 Å². The number of likely N-dealkylation sites (N-methyl/N-ethyl adjacent to an activating group) is 1. The number of aromatic nitrogens is 5. The molecule has 0 atom stereocenters. The van der Waals surface area contributed by atoms with Gasteiger partial charge in [-0.05, 0) is 69.0 Å². The molecule has 2 aliphatic rings. The minimum absolute atomic E-state index is 0.314. The first-order chi connectivity index (χ1) is 19.9. The fraction of sp³-hybridized carbons (Fsp3) is 0.387. The van der Waals surface area contributed by atoms with Crippen LogP contribution in [0.1, 0.15) is 37.3 Å². The lowest BCUT2D eigenvalue weighted by Crippen LogP contribution is -2.49. The summed E-state index contributed by atoms with van der Waals surface area (Å²) in [7, 11) is 2.21. The number of H-pyrrole nitrogens is 1. The van der Waals surface area contributed by atoms with Crippen molar-refractivity contribution in [2.24, 2.45) is 0 Å². The van der Waals surface area contributed by atoms with Gasteiger partial charge in [-0.25, -0.2) is 19.3 Å². The van der Waals surface area contributed by atoms with Crippen LogP contribution in [-0.4, -0.2) is 73.6 Å². The molecule has 3 aromatic heterocycles. The molecule has 9 nitrogen and oxygen atoms in total. The van der Waals surface area contributed by atoms with Gasteiger partial charge in [0, 0.05) is 55.7 Å². The van der Waals surface area contributed by atoms with Crippen molar-refractivity contribution < 1.29 is 4.39 Å². The second-order valence-corrected chi connectivity index (χ2v) is 11.6. The average molecular weight is 554 g/mol. The molecule has 1 saturated heterocycles. The normalized spacial score (nSPS) is 20.7. The molecule has 0 bridgehead atoms. The number of hydrogen-bond acceptors (Lipinski definition) is 7. The number of fused-ring (bicyclic) bond motifs is 2. The average Bonchev–Trinajstić information content (AvgIpc) is 3.60. The highest BCUT2D eigenvalue weighted by Gasteiger charge is 2.30. The lowest BCUT2D eigenvalue weighted by Gasteiger charge is -2.41. The molecule has 4 heterocycles. The van der Waals surface area contributed by atoms with Crippen molar-refractivity contribution in [3.05, 3.63) is 60.3 Å². The van der Waals surface area contributed by atoms with Crippen LogP contribution >= 0.6 is 0 Å². The maximum atomic E-state index is 14.2. The Balaban J connectivity index is 1.13. The van der Waals surface area contributed by atoms with E-state index >= 15 is 0 Å². The largest absolute Gasteiger partial charge is 0.383 e. The summed E-state index contributed by atoms with van der Waals surface area (Å²) in [4.78, 5) is 21.7. The van der Waals surface area contributed by atoms with E-state index in [-0.39, 0.29) is 5.82 Å². The number of nitrogens with zero attached hydrogens (tertiary/aromatic N) is 6. The van der Waals surface area contributed by atoms with Crippen LogP contribution in [0.2, 0.25) is 0 Å². The Hall–Kier alpha value is -4.02. The van der Waals surface area contributed by atoms with Gasteiger partial charge < -0.3 is 25.5 Å². The van der Waals surface area contributed by atoms with Crippen LogP contribution in [0.25, 0.3) is 33.2 Å². The Bertz CT molecular complexity index is 1650. The molecule has 2 aromatic carbocycles. The monoisotopic (exact) mass is 553 g/mol. The molecule has 0 spiro atoms. The summed E-state index contributed by atoms with van der Waals surface area (Å²) in [5.74, 6) is 0.685. The van der Waals surface area contributed by atoms with Gasteiger partial charge in [-0.1, -0.05) is 18.2 Å². The minimum atomic E-state index is -0.314. The Morgan fingerprint density at radius 1 is 0.951 bits per heavy atom. The van der Waals surface area contributed by atoms with Gasteiger partial charge in [0.25, 0.3) is 0 Å². The van der Waals surface area contributed by atoms with Gasteiger partial charge in [-0.3, -0.25) is 4.90 Å². The highest BCUT2D eigenvalue weighted by atomic mass is 19.1. The Kier molecular flexibility index (Phi) is 6.59. The fourth-order valence-corrected chi connectivity index (χ4v) is 6.62. The molecule has 5 aromatic rings. The fourth-order valence-electron chi connectivity index (χ4n) is 6.62. The predicted octanol–water partition coefficient (Wildman–Crippen LogP) is 5.48. The molecular weight excluding hydrogens is 517 g/mol. The van der Waals surface area contributed by atoms with Gasteiger partial charge in [0.2, 0.25) is 5.95 Å². The zero-order chi connectivity index (χ0) is 28.1. The van der Waals surface area contributed by atoms with Crippen LogP contribution in [-0.2, 0) is 0 Å². The summed E-state index contributed by atoms with van der Waals surface area (Å²) in [5, 5.41) is 4.17. The third-order valence-corrected chi connectivity index (χ3v) is 9.01. The standard InChI is InChI=1S/C31H36FN9/c1-19-3-12-25(32)28-27(19)37-31(38-28)36-21-6-4-20(5-7-21)24-17-41(30-26(24)29(33)34-18-35-30)23-10-8-22(9-11-23)40-15-13-39(2)14-16-40/h3-7,12,17-18,22-23H,8-11,13-16H2,1-2H3,(H2,33,34,35)(H2,36,37,38). The quantitative estimate of drug-likeness (QED) is 0.265. The highest BCUT2D eigenvalue weighted by molar-refractivity contribution is 6.00. The van der Waals surface area contributed by atoms with Gasteiger partial charge in [-0.2, -0.15) is 0 Å². The Morgan fingerprint density at radius 2 is 1.68 bits per heavy atom. The molecule has 10 heteroatoms. The molecule has 1 aliphatic heterocycles. The lowest BCUT2D eigenvalue weighted by molar-refractivity contribution is 0.0828. The summed E-state index contributed by atoms with van der Waals surface area (Å²) in [5.41, 5.74) is 12.2. The van der Waals surface area contributed by atoms with Gasteiger partial charge in [0.15, 0.2) is 0 Å². The Labute approximate surface area is 238 Å². The zero-order valence-corrected chi connectivity index (χ0v) is 23.6. The second-order valence-electron chi connectivity index (χ2n) is 11.6. The van der Waals surface area contributed by atoms with Crippen LogP contribution in [0.4, 0.5) is 21.8 Å². The van der Waals surface area contributed by atoms with E-state index in [1.807, 2.05) is 19.1 Å². The van der Waals surface area contributed by atoms with E-state index in [1.54, 1.807) is 12.4 Å². The van der Waals surface area contributed by atoms with E-state index in [9.17, 15) is 4.39 Å². The molecule has 41 heavy (non-hydrogen) atoms. The van der Waals surface area contributed by atoms with Crippen LogP contribution < -0.4 is 11.1 Å². The first kappa shape index (κ1) is 25.9. The van der Waals surface area contributed by atoms with Crippen molar-refractivity contribution in [3.8, 4) is 11.1 Å². The number of aromatic amines is 1. The smallest absolute Gasteiger partial charge is 0.205 e. The summed E-state index contributed by atoms with van der Waals surface area (Å²) in [6.07, 6.45) is 8.45. The number of imidazole rings is 1. The number of rotatable bonds is 5. The van der Waals surface area contributed by atoms with Crippen molar-refractivity contribution in [2.45, 2.75) is 44.7 Å². The number of aryl methyl sites for hydroxylation is 1. The topological polar surface area (TPSA) is 104 Å². The summed E-state index contributed by atoms with van der Waals surface area (Å²) >= 11 is 0. The van der Waals surface area contributed by atoms with Crippen LogP contribution in [0.3, 0.4) is 0 Å². The van der Waals surface area contributed by atoms with E-state index < -0.39 is 0 Å². The van der Waals surface area contributed by atoms with Crippen molar-refractivity contribution in [1.29, 1.82) is 0 Å².